The molecule has 0 radical (unpaired) electrons. The molecule has 0 aliphatic heterocycles. The molecule has 3 heteroatoms. The molecule has 78 valence electrons. The van der Waals surface area contributed by atoms with Crippen molar-refractivity contribution in [2.45, 2.75) is 6.54 Å². The van der Waals surface area contributed by atoms with Crippen molar-refractivity contribution >= 4 is 22.6 Å². The lowest BCUT2D eigenvalue weighted by Gasteiger charge is -2.06. The summed E-state index contributed by atoms with van der Waals surface area (Å²) in [6.07, 6.45) is 4.17. The molecule has 0 aliphatic rings. The first-order chi connectivity index (χ1) is 7.34. The van der Waals surface area contributed by atoms with Crippen LogP contribution in [-0.2, 0) is 6.54 Å². The highest BCUT2D eigenvalue weighted by Crippen LogP contribution is 2.09. The first-order valence-electron chi connectivity index (χ1n) is 4.84. The summed E-state index contributed by atoms with van der Waals surface area (Å²) in [7, 11) is 0. The standard InChI is InChI=1S/C12H12INO/c13-11-6-7-14(10-11)8-9-15-12-4-2-1-3-5-12/h1-7,10H,8-9H2. The Hall–Kier alpha value is -0.970. The highest BCUT2D eigenvalue weighted by atomic mass is 127. The van der Waals surface area contributed by atoms with Crippen LogP contribution in [0.4, 0.5) is 0 Å². The van der Waals surface area contributed by atoms with Crippen LogP contribution in [0.15, 0.2) is 48.8 Å². The molecular formula is C12H12INO. The molecule has 0 atom stereocenters. The van der Waals surface area contributed by atoms with Gasteiger partial charge in [0.2, 0.25) is 0 Å². The predicted molar refractivity (Wildman–Crippen MR) is 69.1 cm³/mol. The molecule has 1 aromatic carbocycles. The van der Waals surface area contributed by atoms with Crippen molar-refractivity contribution in [3.05, 3.63) is 52.4 Å². The van der Waals surface area contributed by atoms with Crippen LogP contribution in [0, 0.1) is 3.57 Å². The quantitative estimate of drug-likeness (QED) is 0.791. The lowest BCUT2D eigenvalue weighted by molar-refractivity contribution is 0.298. The first kappa shape index (κ1) is 10.5. The number of nitrogens with zero attached hydrogens (tertiary/aromatic N) is 1. The second kappa shape index (κ2) is 5.21. The Morgan fingerprint density at radius 2 is 1.93 bits per heavy atom. The number of aromatic nitrogens is 1. The Labute approximate surface area is 103 Å². The Morgan fingerprint density at radius 3 is 2.60 bits per heavy atom. The van der Waals surface area contributed by atoms with Crippen molar-refractivity contribution in [3.63, 3.8) is 0 Å². The molecule has 0 amide bonds. The normalized spacial score (nSPS) is 10.2. The Morgan fingerprint density at radius 1 is 1.13 bits per heavy atom. The van der Waals surface area contributed by atoms with E-state index in [4.69, 9.17) is 4.74 Å². The molecule has 2 rings (SSSR count). The minimum Gasteiger partial charge on any atom is -0.492 e. The van der Waals surface area contributed by atoms with Crippen LogP contribution in [0.25, 0.3) is 0 Å². The zero-order valence-electron chi connectivity index (χ0n) is 8.27. The number of hydrogen-bond acceptors (Lipinski definition) is 1. The molecule has 0 saturated heterocycles. The predicted octanol–water partition coefficient (Wildman–Crippen LogP) is 3.17. The summed E-state index contributed by atoms with van der Waals surface area (Å²) in [6.45, 7) is 1.59. The van der Waals surface area contributed by atoms with Gasteiger partial charge in [0.15, 0.2) is 0 Å². The van der Waals surface area contributed by atoms with Gasteiger partial charge in [-0.3, -0.25) is 0 Å². The molecular weight excluding hydrogens is 301 g/mol. The zero-order valence-corrected chi connectivity index (χ0v) is 10.4. The van der Waals surface area contributed by atoms with E-state index in [1.54, 1.807) is 0 Å². The Balaban J connectivity index is 1.80. The lowest BCUT2D eigenvalue weighted by Crippen LogP contribution is -2.06. The molecule has 1 heterocycles. The monoisotopic (exact) mass is 313 g/mol. The summed E-state index contributed by atoms with van der Waals surface area (Å²) >= 11 is 2.30. The van der Waals surface area contributed by atoms with Gasteiger partial charge in [-0.25, -0.2) is 0 Å². The van der Waals surface area contributed by atoms with Gasteiger partial charge in [0.25, 0.3) is 0 Å². The number of hydrogen-bond donors (Lipinski definition) is 0. The minimum atomic E-state index is 0.703. The van der Waals surface area contributed by atoms with Crippen LogP contribution in [0.1, 0.15) is 0 Å². The van der Waals surface area contributed by atoms with E-state index in [0.29, 0.717) is 6.61 Å². The molecule has 0 aliphatic carbocycles. The molecule has 0 bridgehead atoms. The van der Waals surface area contributed by atoms with Gasteiger partial charge in [0.05, 0.1) is 6.54 Å². The highest BCUT2D eigenvalue weighted by molar-refractivity contribution is 14.1. The molecule has 2 aromatic rings. The highest BCUT2D eigenvalue weighted by Gasteiger charge is 1.94. The minimum absolute atomic E-state index is 0.703. The summed E-state index contributed by atoms with van der Waals surface area (Å²) < 4.78 is 8.98. The van der Waals surface area contributed by atoms with Crippen molar-refractivity contribution < 1.29 is 4.74 Å². The van der Waals surface area contributed by atoms with E-state index in [0.717, 1.165) is 12.3 Å². The van der Waals surface area contributed by atoms with E-state index in [1.165, 1.54) is 3.57 Å². The van der Waals surface area contributed by atoms with Crippen molar-refractivity contribution in [1.82, 2.24) is 4.57 Å². The summed E-state index contributed by atoms with van der Waals surface area (Å²) in [5.41, 5.74) is 0. The number of para-hydroxylation sites is 1. The van der Waals surface area contributed by atoms with Crippen LogP contribution >= 0.6 is 22.6 Å². The fraction of sp³-hybridized carbons (Fsp3) is 0.167. The number of benzene rings is 1. The third-order valence-corrected chi connectivity index (χ3v) is 2.71. The second-order valence-corrected chi connectivity index (χ2v) is 4.47. The maximum Gasteiger partial charge on any atom is 0.119 e. The molecule has 2 nitrogen and oxygen atoms in total. The van der Waals surface area contributed by atoms with Gasteiger partial charge in [-0.05, 0) is 40.8 Å². The van der Waals surface area contributed by atoms with E-state index in [-0.39, 0.29) is 0 Å². The van der Waals surface area contributed by atoms with Crippen LogP contribution in [0.2, 0.25) is 0 Å². The largest absolute Gasteiger partial charge is 0.492 e. The number of halogens is 1. The fourth-order valence-electron chi connectivity index (χ4n) is 1.34. The topological polar surface area (TPSA) is 14.2 Å². The van der Waals surface area contributed by atoms with Gasteiger partial charge in [-0.15, -0.1) is 0 Å². The molecule has 15 heavy (non-hydrogen) atoms. The van der Waals surface area contributed by atoms with E-state index in [9.17, 15) is 0 Å². The van der Waals surface area contributed by atoms with E-state index in [2.05, 4.69) is 45.6 Å². The van der Waals surface area contributed by atoms with Crippen LogP contribution in [0.3, 0.4) is 0 Å². The van der Waals surface area contributed by atoms with Gasteiger partial charge in [0.1, 0.15) is 12.4 Å². The molecule has 0 N–H and O–H groups in total. The van der Waals surface area contributed by atoms with Crippen LogP contribution in [0.5, 0.6) is 5.75 Å². The van der Waals surface area contributed by atoms with Gasteiger partial charge in [-0.1, -0.05) is 18.2 Å². The average Bonchev–Trinajstić information content (AvgIpc) is 2.66. The first-order valence-corrected chi connectivity index (χ1v) is 5.91. The zero-order chi connectivity index (χ0) is 10.5. The molecule has 1 aromatic heterocycles. The third kappa shape index (κ3) is 3.27. The molecule has 0 spiro atoms. The fourth-order valence-corrected chi connectivity index (χ4v) is 1.85. The maximum absolute atomic E-state index is 5.60. The Kier molecular flexibility index (Phi) is 3.66. The van der Waals surface area contributed by atoms with Crippen molar-refractivity contribution in [2.24, 2.45) is 0 Å². The van der Waals surface area contributed by atoms with Gasteiger partial charge >= 0.3 is 0 Å². The molecule has 0 unspecified atom stereocenters. The van der Waals surface area contributed by atoms with Crippen molar-refractivity contribution in [3.8, 4) is 5.75 Å². The van der Waals surface area contributed by atoms with E-state index >= 15 is 0 Å². The summed E-state index contributed by atoms with van der Waals surface area (Å²) in [4.78, 5) is 0. The van der Waals surface area contributed by atoms with Crippen molar-refractivity contribution in [2.75, 3.05) is 6.61 Å². The lowest BCUT2D eigenvalue weighted by atomic mass is 10.3. The van der Waals surface area contributed by atoms with Crippen LogP contribution in [-0.4, -0.2) is 11.2 Å². The third-order valence-electron chi connectivity index (χ3n) is 2.08. The summed E-state index contributed by atoms with van der Waals surface area (Å²) in [6, 6.07) is 12.0. The SMILES string of the molecule is Ic1ccn(CCOc2ccccc2)c1. The van der Waals surface area contributed by atoms with Crippen molar-refractivity contribution in [1.29, 1.82) is 0 Å². The number of rotatable bonds is 4. The average molecular weight is 313 g/mol. The second-order valence-electron chi connectivity index (χ2n) is 3.23. The van der Waals surface area contributed by atoms with Gasteiger partial charge < -0.3 is 9.30 Å². The van der Waals surface area contributed by atoms with Gasteiger partial charge in [-0.2, -0.15) is 0 Å². The summed E-state index contributed by atoms with van der Waals surface area (Å²) in [5.74, 6) is 0.930. The van der Waals surface area contributed by atoms with Crippen LogP contribution < -0.4 is 4.74 Å². The Bertz CT molecular complexity index is 411. The van der Waals surface area contributed by atoms with E-state index < -0.39 is 0 Å². The molecule has 0 saturated carbocycles. The smallest absolute Gasteiger partial charge is 0.119 e. The molecule has 0 fully saturated rings. The maximum atomic E-state index is 5.60. The summed E-state index contributed by atoms with van der Waals surface area (Å²) in [5, 5.41) is 0. The number of ether oxygens (including phenoxy) is 1. The van der Waals surface area contributed by atoms with E-state index in [1.807, 2.05) is 30.3 Å². The van der Waals surface area contributed by atoms with Gasteiger partial charge in [0, 0.05) is 16.0 Å².